The maximum Gasteiger partial charge on any atom is 0.573 e. The zero-order valence-electron chi connectivity index (χ0n) is 16.5. The van der Waals surface area contributed by atoms with Crippen molar-refractivity contribution < 1.29 is 32.2 Å². The van der Waals surface area contributed by atoms with E-state index >= 15 is 0 Å². The molecule has 1 aliphatic carbocycles. The number of nitrogens with one attached hydrogen (secondary N) is 1. The molecular weight excluding hydrogens is 413 g/mol. The lowest BCUT2D eigenvalue weighted by atomic mass is 10.1. The van der Waals surface area contributed by atoms with E-state index in [0.29, 0.717) is 24.3 Å². The minimum Gasteiger partial charge on any atom is -0.454 e. The molecule has 2 unspecified atom stereocenters. The maximum absolute atomic E-state index is 12.4. The maximum atomic E-state index is 12.4. The number of hydrogen-bond acceptors (Lipinski definition) is 5. The predicted molar refractivity (Wildman–Crippen MR) is 104 cm³/mol. The molecule has 164 valence electrons. The Morgan fingerprint density at radius 2 is 1.87 bits per heavy atom. The lowest BCUT2D eigenvalue weighted by Crippen LogP contribution is -2.30. The van der Waals surface area contributed by atoms with Crippen molar-refractivity contribution in [2.24, 2.45) is 17.8 Å². The first-order valence-electron chi connectivity index (χ1n) is 10.1. The van der Waals surface area contributed by atoms with Gasteiger partial charge in [-0.05, 0) is 53.6 Å². The molecule has 5 rings (SSSR count). The Balaban J connectivity index is 1.09. The summed E-state index contributed by atoms with van der Waals surface area (Å²) in [5.41, 5.74) is 1.33. The Kier molecular flexibility index (Phi) is 4.92. The number of hydrogen-bond donors (Lipinski definition) is 1. The number of rotatable bonds is 6. The average molecular weight is 434 g/mol. The molecule has 2 heterocycles. The molecule has 1 amide bonds. The van der Waals surface area contributed by atoms with Crippen LogP contribution in [0.2, 0.25) is 0 Å². The second-order valence-corrected chi connectivity index (χ2v) is 8.16. The number of carbonyl (C=O) groups excluding carboxylic acids is 1. The van der Waals surface area contributed by atoms with Gasteiger partial charge in [0, 0.05) is 31.7 Å². The Morgan fingerprint density at radius 3 is 2.65 bits per heavy atom. The number of amides is 1. The number of alkyl halides is 3. The van der Waals surface area contributed by atoms with Crippen molar-refractivity contribution in [3.8, 4) is 17.2 Å². The molecule has 0 aromatic heterocycles. The molecule has 2 atom stereocenters. The lowest BCUT2D eigenvalue weighted by molar-refractivity contribution is -0.274. The van der Waals surface area contributed by atoms with Gasteiger partial charge in [0.05, 0.1) is 0 Å². The highest BCUT2D eigenvalue weighted by Gasteiger charge is 2.55. The highest BCUT2D eigenvalue weighted by Crippen LogP contribution is 2.51. The van der Waals surface area contributed by atoms with E-state index in [0.717, 1.165) is 37.2 Å². The highest BCUT2D eigenvalue weighted by atomic mass is 19.4. The quantitative estimate of drug-likeness (QED) is 0.755. The van der Waals surface area contributed by atoms with Gasteiger partial charge in [-0.3, -0.25) is 9.69 Å². The molecule has 2 aromatic carbocycles. The predicted octanol–water partition coefficient (Wildman–Crippen LogP) is 3.42. The molecular formula is C22H21F3N2O4. The number of ether oxygens (including phenoxy) is 3. The summed E-state index contributed by atoms with van der Waals surface area (Å²) < 4.78 is 51.7. The summed E-state index contributed by atoms with van der Waals surface area (Å²) in [6.45, 7) is 3.56. The van der Waals surface area contributed by atoms with Gasteiger partial charge in [-0.15, -0.1) is 13.2 Å². The third-order valence-corrected chi connectivity index (χ3v) is 6.12. The SMILES string of the molecule is O=C(NCC1C2CN(Cc3ccc4c(c3)OCO4)CC12)c1cccc(OC(F)(F)F)c1. The Morgan fingerprint density at radius 1 is 1.10 bits per heavy atom. The van der Waals surface area contributed by atoms with E-state index in [1.807, 2.05) is 18.2 Å². The Hall–Kier alpha value is -2.94. The van der Waals surface area contributed by atoms with Crippen molar-refractivity contribution >= 4 is 5.91 Å². The Labute approximate surface area is 176 Å². The van der Waals surface area contributed by atoms with Crippen LogP contribution in [0.5, 0.6) is 17.2 Å². The van der Waals surface area contributed by atoms with Crippen LogP contribution in [0, 0.1) is 17.8 Å². The molecule has 0 bridgehead atoms. The summed E-state index contributed by atoms with van der Waals surface area (Å²) in [5, 5.41) is 2.85. The molecule has 31 heavy (non-hydrogen) atoms. The van der Waals surface area contributed by atoms with E-state index in [9.17, 15) is 18.0 Å². The second-order valence-electron chi connectivity index (χ2n) is 8.16. The summed E-state index contributed by atoms with van der Waals surface area (Å²) in [5.74, 6) is 2.25. The zero-order valence-corrected chi connectivity index (χ0v) is 16.5. The van der Waals surface area contributed by atoms with Crippen LogP contribution < -0.4 is 19.5 Å². The van der Waals surface area contributed by atoms with Gasteiger partial charge in [0.1, 0.15) is 5.75 Å². The third kappa shape index (κ3) is 4.41. The molecule has 1 N–H and O–H groups in total. The summed E-state index contributed by atoms with van der Waals surface area (Å²) in [7, 11) is 0. The molecule has 0 radical (unpaired) electrons. The molecule has 3 aliphatic rings. The monoisotopic (exact) mass is 434 g/mol. The van der Waals surface area contributed by atoms with Crippen molar-refractivity contribution in [3.63, 3.8) is 0 Å². The van der Waals surface area contributed by atoms with E-state index in [1.165, 1.54) is 23.8 Å². The number of likely N-dealkylation sites (tertiary alicyclic amines) is 1. The topological polar surface area (TPSA) is 60.0 Å². The standard InChI is InChI=1S/C22H21F3N2O4/c23-22(24,25)31-15-3-1-2-14(7-15)21(28)26-8-16-17-10-27(11-18(16)17)9-13-4-5-19-20(6-13)30-12-29-19/h1-7,16-18H,8-12H2,(H,26,28). The van der Waals surface area contributed by atoms with E-state index in [2.05, 4.69) is 15.0 Å². The van der Waals surface area contributed by atoms with Crippen LogP contribution in [0.1, 0.15) is 15.9 Å². The number of nitrogens with zero attached hydrogens (tertiary/aromatic N) is 1. The molecule has 1 saturated carbocycles. The van der Waals surface area contributed by atoms with Crippen LogP contribution in [-0.2, 0) is 6.54 Å². The first-order valence-corrected chi connectivity index (χ1v) is 10.1. The van der Waals surface area contributed by atoms with E-state index < -0.39 is 18.0 Å². The summed E-state index contributed by atoms with van der Waals surface area (Å²) in [6.07, 6.45) is -4.78. The van der Waals surface area contributed by atoms with Gasteiger partial charge in [-0.2, -0.15) is 0 Å². The number of piperidine rings is 1. The Bertz CT molecular complexity index is 985. The van der Waals surface area contributed by atoms with Gasteiger partial charge in [-0.25, -0.2) is 0 Å². The molecule has 0 spiro atoms. The van der Waals surface area contributed by atoms with E-state index in [-0.39, 0.29) is 12.4 Å². The highest BCUT2D eigenvalue weighted by molar-refractivity contribution is 5.94. The van der Waals surface area contributed by atoms with Crippen molar-refractivity contribution in [1.82, 2.24) is 10.2 Å². The van der Waals surface area contributed by atoms with Crippen LogP contribution in [0.25, 0.3) is 0 Å². The smallest absolute Gasteiger partial charge is 0.454 e. The second kappa shape index (κ2) is 7.64. The number of fused-ring (bicyclic) bond motifs is 2. The minimum absolute atomic E-state index is 0.150. The number of carbonyl (C=O) groups is 1. The van der Waals surface area contributed by atoms with Gasteiger partial charge >= 0.3 is 6.36 Å². The van der Waals surface area contributed by atoms with Crippen molar-refractivity contribution in [2.45, 2.75) is 12.9 Å². The van der Waals surface area contributed by atoms with E-state index in [1.54, 1.807) is 0 Å². The third-order valence-electron chi connectivity index (χ3n) is 6.12. The summed E-state index contributed by atoms with van der Waals surface area (Å²) in [4.78, 5) is 14.7. The largest absolute Gasteiger partial charge is 0.573 e. The van der Waals surface area contributed by atoms with Crippen LogP contribution in [-0.4, -0.2) is 43.6 Å². The van der Waals surface area contributed by atoms with Gasteiger partial charge in [0.25, 0.3) is 5.91 Å². The molecule has 2 aromatic rings. The minimum atomic E-state index is -4.78. The van der Waals surface area contributed by atoms with Crippen molar-refractivity contribution in [1.29, 1.82) is 0 Å². The van der Waals surface area contributed by atoms with Gasteiger partial charge in [-0.1, -0.05) is 12.1 Å². The molecule has 2 aliphatic heterocycles. The van der Waals surface area contributed by atoms with Crippen molar-refractivity contribution in [3.05, 3.63) is 53.6 Å². The molecule has 2 fully saturated rings. The van der Waals surface area contributed by atoms with Crippen molar-refractivity contribution in [2.75, 3.05) is 26.4 Å². The summed E-state index contributed by atoms with van der Waals surface area (Å²) >= 11 is 0. The van der Waals surface area contributed by atoms with Gasteiger partial charge in [0.15, 0.2) is 11.5 Å². The fourth-order valence-electron chi connectivity index (χ4n) is 4.61. The number of benzene rings is 2. The van der Waals surface area contributed by atoms with E-state index in [4.69, 9.17) is 9.47 Å². The van der Waals surface area contributed by atoms with Crippen LogP contribution in [0.15, 0.2) is 42.5 Å². The molecule has 6 nitrogen and oxygen atoms in total. The molecule has 9 heteroatoms. The lowest BCUT2D eigenvalue weighted by Gasteiger charge is -2.20. The number of halogens is 3. The summed E-state index contributed by atoms with van der Waals surface area (Å²) in [6, 6.07) is 11.1. The van der Waals surface area contributed by atoms with Crippen LogP contribution in [0.3, 0.4) is 0 Å². The fraction of sp³-hybridized carbons (Fsp3) is 0.409. The van der Waals surface area contributed by atoms with Crippen LogP contribution >= 0.6 is 0 Å². The first-order chi connectivity index (χ1) is 14.9. The van der Waals surface area contributed by atoms with Gasteiger partial charge < -0.3 is 19.5 Å². The first kappa shape index (κ1) is 20.0. The van der Waals surface area contributed by atoms with Gasteiger partial charge in [0.2, 0.25) is 6.79 Å². The molecule has 1 saturated heterocycles. The van der Waals surface area contributed by atoms with Crippen LogP contribution in [0.4, 0.5) is 13.2 Å². The fourth-order valence-corrected chi connectivity index (χ4v) is 4.61. The normalized spacial score (nSPS) is 24.0. The average Bonchev–Trinajstić information content (AvgIpc) is 3.07. The zero-order chi connectivity index (χ0) is 21.6.